The molecule has 14 heavy (non-hydrogen) atoms. The molecule has 0 radical (unpaired) electrons. The Morgan fingerprint density at radius 3 is 1.43 bits per heavy atom. The summed E-state index contributed by atoms with van der Waals surface area (Å²) >= 11 is 0. The molecule has 0 saturated carbocycles. The summed E-state index contributed by atoms with van der Waals surface area (Å²) in [4.78, 5) is 0. The molecule has 3 nitrogen and oxygen atoms in total. The topological polar surface area (TPSA) is 94.5 Å². The molecule has 0 unspecified atom stereocenters. The van der Waals surface area contributed by atoms with Crippen LogP contribution in [-0.2, 0) is 21.7 Å². The van der Waals surface area contributed by atoms with Crippen molar-refractivity contribution in [2.45, 2.75) is 58.3 Å². The molecule has 0 bridgehead atoms. The van der Waals surface area contributed by atoms with Gasteiger partial charge >= 0.3 is 0 Å². The Kier molecular flexibility index (Phi) is 61.1. The molecule has 4 heteroatoms. The Balaban J connectivity index is -0.0000000675. The molecule has 0 spiro atoms. The monoisotopic (exact) mass is 243 g/mol. The van der Waals surface area contributed by atoms with Gasteiger partial charge in [-0.05, 0) is 0 Å². The average Bonchev–Trinajstić information content (AvgIpc) is 1.97. The SMILES string of the molecule is O.O.O.[CH2-]CCCCCCCCC.[Ti]. The number of hydrogen-bond donors (Lipinski definition) is 0. The molecule has 6 N–H and O–H groups in total. The van der Waals surface area contributed by atoms with Crippen LogP contribution in [0.4, 0.5) is 0 Å². The van der Waals surface area contributed by atoms with Gasteiger partial charge in [-0.3, -0.25) is 0 Å². The maximum absolute atomic E-state index is 3.82. The summed E-state index contributed by atoms with van der Waals surface area (Å²) in [7, 11) is 0. The van der Waals surface area contributed by atoms with E-state index in [2.05, 4.69) is 13.8 Å². The van der Waals surface area contributed by atoms with Gasteiger partial charge in [0.1, 0.15) is 0 Å². The molecule has 0 aromatic rings. The molecule has 0 fully saturated rings. The summed E-state index contributed by atoms with van der Waals surface area (Å²) in [6, 6.07) is 0. The summed E-state index contributed by atoms with van der Waals surface area (Å²) in [6.07, 6.45) is 10.9. The van der Waals surface area contributed by atoms with Gasteiger partial charge < -0.3 is 23.4 Å². The van der Waals surface area contributed by atoms with Crippen LogP contribution in [0.5, 0.6) is 0 Å². The van der Waals surface area contributed by atoms with E-state index in [1.807, 2.05) is 0 Å². The zero-order valence-corrected chi connectivity index (χ0v) is 10.9. The van der Waals surface area contributed by atoms with Crippen LogP contribution in [0.15, 0.2) is 0 Å². The Labute approximate surface area is 103 Å². The molecule has 0 amide bonds. The molecule has 0 aliphatic carbocycles. The molecular formula is C10H27O3Ti-. The van der Waals surface area contributed by atoms with Gasteiger partial charge in [-0.25, -0.2) is 0 Å². The Hall–Kier alpha value is 0.594. The number of unbranched alkanes of at least 4 members (excludes halogenated alkanes) is 7. The molecule has 0 saturated heterocycles. The van der Waals surface area contributed by atoms with Gasteiger partial charge in [0.15, 0.2) is 0 Å². The molecule has 0 atom stereocenters. The van der Waals surface area contributed by atoms with Crippen LogP contribution in [0.2, 0.25) is 0 Å². The summed E-state index contributed by atoms with van der Waals surface area (Å²) in [5.74, 6) is 0. The normalized spacial score (nSPS) is 7.29. The van der Waals surface area contributed by atoms with Crippen molar-refractivity contribution in [3.8, 4) is 0 Å². The van der Waals surface area contributed by atoms with Gasteiger partial charge in [-0.1, -0.05) is 51.9 Å². The third kappa shape index (κ3) is 29.4. The molecule has 0 aliphatic heterocycles. The van der Waals surface area contributed by atoms with E-state index in [-0.39, 0.29) is 38.1 Å². The van der Waals surface area contributed by atoms with E-state index in [0.717, 1.165) is 6.42 Å². The summed E-state index contributed by atoms with van der Waals surface area (Å²) < 4.78 is 0. The molecule has 0 aliphatic rings. The zero-order valence-electron chi connectivity index (χ0n) is 9.36. The van der Waals surface area contributed by atoms with E-state index in [0.29, 0.717) is 0 Å². The van der Waals surface area contributed by atoms with Crippen molar-refractivity contribution in [1.82, 2.24) is 0 Å². The van der Waals surface area contributed by atoms with Gasteiger partial charge in [-0.2, -0.15) is 6.42 Å². The van der Waals surface area contributed by atoms with Gasteiger partial charge in [0.2, 0.25) is 0 Å². The van der Waals surface area contributed by atoms with Crippen molar-refractivity contribution in [3.05, 3.63) is 6.92 Å². The zero-order chi connectivity index (χ0) is 7.66. The largest absolute Gasteiger partial charge is 0.412 e. The van der Waals surface area contributed by atoms with Crippen LogP contribution in [0.25, 0.3) is 0 Å². The molecule has 90 valence electrons. The summed E-state index contributed by atoms with van der Waals surface area (Å²) in [5, 5.41) is 0. The van der Waals surface area contributed by atoms with Gasteiger partial charge in [0.05, 0.1) is 0 Å². The van der Waals surface area contributed by atoms with Crippen LogP contribution >= 0.6 is 0 Å². The summed E-state index contributed by atoms with van der Waals surface area (Å²) in [6.45, 7) is 6.08. The molecular weight excluding hydrogens is 216 g/mol. The maximum Gasteiger partial charge on any atom is 0 e. The Morgan fingerprint density at radius 1 is 0.714 bits per heavy atom. The fourth-order valence-electron chi connectivity index (χ4n) is 1.13. The van der Waals surface area contributed by atoms with E-state index in [4.69, 9.17) is 0 Å². The first-order chi connectivity index (χ1) is 4.91. The van der Waals surface area contributed by atoms with E-state index in [1.165, 1.54) is 44.9 Å². The van der Waals surface area contributed by atoms with Gasteiger partial charge in [0.25, 0.3) is 0 Å². The van der Waals surface area contributed by atoms with Crippen molar-refractivity contribution < 1.29 is 38.1 Å². The Morgan fingerprint density at radius 2 is 1.07 bits per heavy atom. The van der Waals surface area contributed by atoms with Crippen LogP contribution in [0.1, 0.15) is 58.3 Å². The van der Waals surface area contributed by atoms with E-state index in [1.54, 1.807) is 0 Å². The van der Waals surface area contributed by atoms with E-state index < -0.39 is 0 Å². The Bertz CT molecular complexity index is 55.3. The van der Waals surface area contributed by atoms with Crippen molar-refractivity contribution in [3.63, 3.8) is 0 Å². The second-order valence-corrected chi connectivity index (χ2v) is 2.97. The van der Waals surface area contributed by atoms with Crippen molar-refractivity contribution >= 4 is 0 Å². The molecule has 0 heterocycles. The third-order valence-corrected chi connectivity index (χ3v) is 1.85. The van der Waals surface area contributed by atoms with Crippen LogP contribution in [0, 0.1) is 6.92 Å². The first kappa shape index (κ1) is 29.3. The minimum atomic E-state index is 0. The number of hydrogen-bond acceptors (Lipinski definition) is 0. The minimum Gasteiger partial charge on any atom is -0.412 e. The molecule has 0 aromatic heterocycles. The smallest absolute Gasteiger partial charge is 0 e. The summed E-state index contributed by atoms with van der Waals surface area (Å²) in [5.41, 5.74) is 0. The van der Waals surface area contributed by atoms with Crippen LogP contribution in [0.3, 0.4) is 0 Å². The van der Waals surface area contributed by atoms with E-state index in [9.17, 15) is 0 Å². The standard InChI is InChI=1S/C10H21.3H2O.Ti/c1-3-5-7-9-10-8-6-4-2;;;;/h1,3-10H2,2H3;3*1H2;/q-1;;;;. The maximum atomic E-state index is 3.82. The van der Waals surface area contributed by atoms with Crippen molar-refractivity contribution in [1.29, 1.82) is 0 Å². The number of rotatable bonds is 7. The second-order valence-electron chi connectivity index (χ2n) is 2.97. The van der Waals surface area contributed by atoms with Gasteiger partial charge in [0, 0.05) is 21.7 Å². The minimum absolute atomic E-state index is 0. The first-order valence-corrected chi connectivity index (χ1v) is 4.71. The predicted molar refractivity (Wildman–Crippen MR) is 58.8 cm³/mol. The molecule has 0 rings (SSSR count). The third-order valence-electron chi connectivity index (χ3n) is 1.85. The second kappa shape index (κ2) is 29.2. The van der Waals surface area contributed by atoms with Gasteiger partial charge in [-0.15, -0.1) is 0 Å². The van der Waals surface area contributed by atoms with Crippen LogP contribution < -0.4 is 0 Å². The van der Waals surface area contributed by atoms with Crippen molar-refractivity contribution in [2.24, 2.45) is 0 Å². The quantitative estimate of drug-likeness (QED) is 0.368. The fraction of sp³-hybridized carbons (Fsp3) is 0.900. The predicted octanol–water partition coefficient (Wildman–Crippen LogP) is 1.48. The molecule has 0 aromatic carbocycles. The fourth-order valence-corrected chi connectivity index (χ4v) is 1.13. The van der Waals surface area contributed by atoms with Crippen molar-refractivity contribution in [2.75, 3.05) is 0 Å². The van der Waals surface area contributed by atoms with Crippen LogP contribution in [-0.4, -0.2) is 16.4 Å². The first-order valence-electron chi connectivity index (χ1n) is 4.71. The average molecular weight is 243 g/mol. The van der Waals surface area contributed by atoms with E-state index >= 15 is 0 Å².